The number of hydrogen-bond acceptors (Lipinski definition) is 8. The van der Waals surface area contributed by atoms with Crippen LogP contribution >= 0.6 is 11.8 Å². The Bertz CT molecular complexity index is 602. The van der Waals surface area contributed by atoms with Gasteiger partial charge in [-0.15, -0.1) is 0 Å². The van der Waals surface area contributed by atoms with E-state index in [4.69, 9.17) is 22.6 Å². The molecule has 192 valence electrons. The molecule has 0 heterocycles. The van der Waals surface area contributed by atoms with E-state index in [0.29, 0.717) is 49.6 Å². The molecule has 0 aliphatic carbocycles. The molecule has 9 nitrogen and oxygen atoms in total. The average molecular weight is 519 g/mol. The molecule has 0 aromatic rings. The Kier molecular flexibility index (Phi) is 16.3. The number of hydrogen-bond donors (Lipinski definition) is 1. The first-order valence-corrected chi connectivity index (χ1v) is 16.0. The summed E-state index contributed by atoms with van der Waals surface area (Å²) in [6.07, 6.45) is 1.25. The molecule has 0 aliphatic rings. The number of nitrogens with zero attached hydrogens (tertiary/aromatic N) is 1. The summed E-state index contributed by atoms with van der Waals surface area (Å²) in [4.78, 5) is 12.2. The van der Waals surface area contributed by atoms with E-state index in [1.165, 1.54) is 0 Å². The molecule has 0 rings (SSSR count). The first-order chi connectivity index (χ1) is 14.9. The highest BCUT2D eigenvalue weighted by atomic mass is 32.2. The van der Waals surface area contributed by atoms with Crippen molar-refractivity contribution in [1.29, 1.82) is 0 Å². The third-order valence-electron chi connectivity index (χ3n) is 4.74. The number of carbonyl (C=O) groups excluding carboxylic acids is 1. The van der Waals surface area contributed by atoms with Crippen LogP contribution in [0, 0.1) is 5.92 Å². The van der Waals surface area contributed by atoms with Crippen LogP contribution in [0.2, 0.25) is 6.04 Å². The zero-order valence-electron chi connectivity index (χ0n) is 20.6. The Balaban J connectivity index is 4.18. The molecule has 1 unspecified atom stereocenters. The second-order valence-corrected chi connectivity index (χ2v) is 13.7. The molecule has 0 spiro atoms. The van der Waals surface area contributed by atoms with E-state index < -0.39 is 18.9 Å². The van der Waals surface area contributed by atoms with Crippen LogP contribution in [0.1, 0.15) is 40.5 Å². The Morgan fingerprint density at radius 3 is 2.09 bits per heavy atom. The van der Waals surface area contributed by atoms with E-state index in [2.05, 4.69) is 0 Å². The van der Waals surface area contributed by atoms with Gasteiger partial charge in [-0.25, -0.2) is 0 Å². The van der Waals surface area contributed by atoms with Gasteiger partial charge in [-0.3, -0.25) is 9.35 Å². The van der Waals surface area contributed by atoms with Gasteiger partial charge in [0.2, 0.25) is 0 Å². The highest BCUT2D eigenvalue weighted by Crippen LogP contribution is 2.21. The van der Waals surface area contributed by atoms with Crippen LogP contribution in [0.25, 0.3) is 0 Å². The fourth-order valence-corrected chi connectivity index (χ4v) is 7.41. The Labute approximate surface area is 200 Å². The summed E-state index contributed by atoms with van der Waals surface area (Å²) in [5.74, 6) is 0.876. The number of rotatable bonds is 20. The van der Waals surface area contributed by atoms with Crippen molar-refractivity contribution in [1.82, 2.24) is 0 Å². The summed E-state index contributed by atoms with van der Waals surface area (Å²) < 4.78 is 53.9. The molecule has 0 bridgehead atoms. The van der Waals surface area contributed by atoms with Gasteiger partial charge in [0, 0.05) is 38.0 Å². The van der Waals surface area contributed by atoms with Crippen LogP contribution in [0.5, 0.6) is 0 Å². The minimum absolute atomic E-state index is 0.206. The van der Waals surface area contributed by atoms with Crippen LogP contribution in [0.3, 0.4) is 0 Å². The Morgan fingerprint density at radius 2 is 1.59 bits per heavy atom. The molecular formula is C20H44NO8S2Si+. The van der Waals surface area contributed by atoms with Crippen LogP contribution in [-0.2, 0) is 32.9 Å². The van der Waals surface area contributed by atoms with E-state index in [-0.39, 0.29) is 24.2 Å². The lowest BCUT2D eigenvalue weighted by Crippen LogP contribution is -2.46. The zero-order chi connectivity index (χ0) is 24.7. The molecule has 0 radical (unpaired) electrons. The molecule has 32 heavy (non-hydrogen) atoms. The second-order valence-electron chi connectivity index (χ2n) is 8.25. The number of likely N-dealkylation sites (N-methyl/N-ethyl adjacent to an activating group) is 1. The molecule has 0 aliphatic heterocycles. The third kappa shape index (κ3) is 15.6. The molecular weight excluding hydrogens is 474 g/mol. The van der Waals surface area contributed by atoms with Gasteiger partial charge in [0.25, 0.3) is 10.1 Å². The Morgan fingerprint density at radius 1 is 1.03 bits per heavy atom. The predicted molar refractivity (Wildman–Crippen MR) is 130 cm³/mol. The summed E-state index contributed by atoms with van der Waals surface area (Å²) in [7, 11) is -2.67. The molecule has 12 heteroatoms. The second kappa shape index (κ2) is 16.4. The van der Waals surface area contributed by atoms with Gasteiger partial charge in [0.1, 0.15) is 13.2 Å². The lowest BCUT2D eigenvalue weighted by atomic mass is 10.2. The molecule has 0 amide bonds. The van der Waals surface area contributed by atoms with Crippen LogP contribution in [-0.4, -0.2) is 103 Å². The van der Waals surface area contributed by atoms with E-state index in [0.717, 1.165) is 18.2 Å². The quantitative estimate of drug-likeness (QED) is 0.0855. The van der Waals surface area contributed by atoms with Crippen molar-refractivity contribution in [3.63, 3.8) is 0 Å². The van der Waals surface area contributed by atoms with Crippen molar-refractivity contribution in [3.8, 4) is 0 Å². The van der Waals surface area contributed by atoms with E-state index in [1.54, 1.807) is 11.8 Å². The van der Waals surface area contributed by atoms with Gasteiger partial charge in [0.15, 0.2) is 0 Å². The van der Waals surface area contributed by atoms with Gasteiger partial charge < -0.3 is 22.5 Å². The number of thioether (sulfide) groups is 1. The van der Waals surface area contributed by atoms with Crippen LogP contribution in [0.4, 0.5) is 0 Å². The van der Waals surface area contributed by atoms with Gasteiger partial charge in [-0.1, -0.05) is 6.92 Å². The van der Waals surface area contributed by atoms with Crippen molar-refractivity contribution in [2.45, 2.75) is 46.6 Å². The number of esters is 1. The standard InChI is InChI=1S/C20H43NO8S2Si/c1-7-27-32(28-8-2,29-9-3)17-11-15-30-18-19(4)20(22)26-14-13-21(5,6)12-10-16-31(23,24)25/h19H,7-18H2,1-6H3/p+1. The number of ether oxygens (including phenoxy) is 1. The molecule has 0 fully saturated rings. The third-order valence-corrected chi connectivity index (χ3v) is 10.0. The largest absolute Gasteiger partial charge is 0.500 e. The first kappa shape index (κ1) is 31.8. The minimum Gasteiger partial charge on any atom is -0.459 e. The topological polar surface area (TPSA) is 108 Å². The maximum absolute atomic E-state index is 12.2. The zero-order valence-corrected chi connectivity index (χ0v) is 23.3. The summed E-state index contributed by atoms with van der Waals surface area (Å²) >= 11 is 1.71. The monoisotopic (exact) mass is 518 g/mol. The first-order valence-electron chi connectivity index (χ1n) is 11.3. The van der Waals surface area contributed by atoms with Crippen molar-refractivity contribution >= 4 is 36.7 Å². The number of carbonyl (C=O) groups is 1. The molecule has 1 atom stereocenters. The fraction of sp³-hybridized carbons (Fsp3) is 0.950. The van der Waals surface area contributed by atoms with E-state index >= 15 is 0 Å². The maximum Gasteiger partial charge on any atom is 0.500 e. The van der Waals surface area contributed by atoms with Crippen molar-refractivity contribution in [2.24, 2.45) is 5.92 Å². The number of quaternary nitrogens is 1. The van der Waals surface area contributed by atoms with Gasteiger partial charge in [-0.2, -0.15) is 20.2 Å². The normalized spacial score (nSPS) is 13.8. The van der Waals surface area contributed by atoms with Crippen LogP contribution < -0.4 is 0 Å². The molecule has 1 N–H and O–H groups in total. The summed E-state index contributed by atoms with van der Waals surface area (Å²) in [5, 5.41) is 0. The van der Waals surface area contributed by atoms with Crippen molar-refractivity contribution < 1.29 is 40.3 Å². The summed E-state index contributed by atoms with van der Waals surface area (Å²) in [5.41, 5.74) is 0. The van der Waals surface area contributed by atoms with E-state index in [1.807, 2.05) is 41.8 Å². The molecule has 0 aromatic heterocycles. The molecule has 0 saturated heterocycles. The lowest BCUT2D eigenvalue weighted by Gasteiger charge is -2.29. The van der Waals surface area contributed by atoms with Gasteiger partial charge in [-0.05, 0) is 32.9 Å². The van der Waals surface area contributed by atoms with Crippen molar-refractivity contribution in [3.05, 3.63) is 0 Å². The maximum atomic E-state index is 12.2. The van der Waals surface area contributed by atoms with Gasteiger partial charge in [0.05, 0.1) is 32.3 Å². The summed E-state index contributed by atoms with van der Waals surface area (Å²) in [6.45, 7) is 10.8. The predicted octanol–water partition coefficient (Wildman–Crippen LogP) is 2.69. The highest BCUT2D eigenvalue weighted by molar-refractivity contribution is 7.99. The highest BCUT2D eigenvalue weighted by Gasteiger charge is 2.39. The Hall–Kier alpha value is -0.213. The SMILES string of the molecule is CCO[Si](CCCSCC(C)C(=O)OCC[N+](C)(C)CCCS(=O)(=O)O)(OCC)OCC. The van der Waals surface area contributed by atoms with E-state index in [9.17, 15) is 13.2 Å². The molecule has 0 aromatic carbocycles. The smallest absolute Gasteiger partial charge is 0.459 e. The minimum atomic E-state index is -3.94. The lowest BCUT2D eigenvalue weighted by molar-refractivity contribution is -0.890. The summed E-state index contributed by atoms with van der Waals surface area (Å²) in [6, 6.07) is 0.763. The molecule has 0 saturated carbocycles. The van der Waals surface area contributed by atoms with Crippen molar-refractivity contribution in [2.75, 3.05) is 70.9 Å². The fourth-order valence-electron chi connectivity index (χ4n) is 3.04. The average Bonchev–Trinajstić information content (AvgIpc) is 2.66. The van der Waals surface area contributed by atoms with Crippen LogP contribution in [0.15, 0.2) is 0 Å². The van der Waals surface area contributed by atoms with Gasteiger partial charge >= 0.3 is 14.8 Å².